The van der Waals surface area contributed by atoms with Crippen molar-refractivity contribution in [2.75, 3.05) is 27.8 Å². The first-order valence-electron chi connectivity index (χ1n) is 12.8. The number of halogens is 1. The summed E-state index contributed by atoms with van der Waals surface area (Å²) in [6.45, 7) is 4.40. The fraction of sp³-hybridized carbons (Fsp3) is 0.379. The number of pyridine rings is 1. The highest BCUT2D eigenvalue weighted by Gasteiger charge is 2.25. The Kier molecular flexibility index (Phi) is 7.75. The number of carbonyl (C=O) groups is 1. The van der Waals surface area contributed by atoms with E-state index in [4.69, 9.17) is 26.1 Å². The minimum Gasteiger partial charge on any atom is -0.491 e. The van der Waals surface area contributed by atoms with Crippen molar-refractivity contribution < 1.29 is 14.3 Å². The third kappa shape index (κ3) is 5.31. The van der Waals surface area contributed by atoms with Gasteiger partial charge in [-0.25, -0.2) is 9.78 Å². The van der Waals surface area contributed by atoms with Crippen LogP contribution < -0.4 is 10.3 Å². The minimum atomic E-state index is -0.427. The van der Waals surface area contributed by atoms with Crippen LogP contribution in [0.2, 0.25) is 5.02 Å². The highest BCUT2D eigenvalue weighted by Crippen LogP contribution is 2.40. The molecule has 3 heterocycles. The molecule has 0 saturated heterocycles. The summed E-state index contributed by atoms with van der Waals surface area (Å²) in [4.78, 5) is 37.3. The summed E-state index contributed by atoms with van der Waals surface area (Å²) in [6, 6.07) is 7.76. The second-order valence-electron chi connectivity index (χ2n) is 10.0. The van der Waals surface area contributed by atoms with Gasteiger partial charge in [0.1, 0.15) is 18.2 Å². The Morgan fingerprint density at radius 1 is 1.21 bits per heavy atom. The summed E-state index contributed by atoms with van der Waals surface area (Å²) in [7, 11) is 5.47. The lowest BCUT2D eigenvalue weighted by molar-refractivity contribution is 0.0603. The number of aryl methyl sites for hydroxylation is 3. The largest absolute Gasteiger partial charge is 0.491 e. The minimum absolute atomic E-state index is 0.0179. The number of carbonyl (C=O) groups excluding carboxylic acids is 1. The predicted octanol–water partition coefficient (Wildman–Crippen LogP) is 5.07. The highest BCUT2D eigenvalue weighted by atomic mass is 35.5. The maximum atomic E-state index is 13.4. The van der Waals surface area contributed by atoms with Gasteiger partial charge in [-0.2, -0.15) is 0 Å². The molecule has 0 radical (unpaired) electrons. The fourth-order valence-corrected chi connectivity index (χ4v) is 6.37. The molecule has 1 aromatic carbocycles. The lowest BCUT2D eigenvalue weighted by atomic mass is 9.92. The maximum Gasteiger partial charge on any atom is 0.340 e. The Hall–Kier alpha value is -3.27. The summed E-state index contributed by atoms with van der Waals surface area (Å²) in [5.74, 6) is 0.898. The van der Waals surface area contributed by atoms with E-state index < -0.39 is 5.97 Å². The monoisotopic (exact) mass is 566 g/mol. The van der Waals surface area contributed by atoms with Crippen LogP contribution in [0.3, 0.4) is 0 Å². The molecule has 0 aliphatic heterocycles. The van der Waals surface area contributed by atoms with Crippen LogP contribution in [0.25, 0.3) is 21.3 Å². The van der Waals surface area contributed by atoms with Crippen molar-refractivity contribution in [2.45, 2.75) is 45.7 Å². The Balaban J connectivity index is 1.45. The second kappa shape index (κ2) is 11.1. The zero-order chi connectivity index (χ0) is 27.8. The van der Waals surface area contributed by atoms with Crippen molar-refractivity contribution in [3.05, 3.63) is 73.4 Å². The van der Waals surface area contributed by atoms with Gasteiger partial charge in [0.05, 0.1) is 35.1 Å². The van der Waals surface area contributed by atoms with E-state index in [-0.39, 0.29) is 12.2 Å². The van der Waals surface area contributed by atoms with E-state index in [1.807, 2.05) is 32.0 Å². The first-order valence-corrected chi connectivity index (χ1v) is 14.1. The third-order valence-corrected chi connectivity index (χ3v) is 8.52. The molecular formula is C29H31ClN4O4S. The summed E-state index contributed by atoms with van der Waals surface area (Å²) in [5.41, 5.74) is 5.18. The number of ether oxygens (including phenoxy) is 2. The molecule has 0 fully saturated rings. The SMILES string of the molecule is COC(=O)c1csc2c(-c3cc(Cl)ccc3OCCn3c(C)nc4c(c3=O)C[C@@H](N(C)C)CC4)cc(C)nc12. The molecule has 0 saturated carbocycles. The van der Waals surface area contributed by atoms with Gasteiger partial charge in [-0.15, -0.1) is 11.3 Å². The lowest BCUT2D eigenvalue weighted by Gasteiger charge is -2.29. The Morgan fingerprint density at radius 3 is 2.74 bits per heavy atom. The van der Waals surface area contributed by atoms with Gasteiger partial charge in [0, 0.05) is 38.8 Å². The second-order valence-corrected chi connectivity index (χ2v) is 11.3. The summed E-state index contributed by atoms with van der Waals surface area (Å²) >= 11 is 7.83. The number of hydrogen-bond acceptors (Lipinski definition) is 8. The molecule has 204 valence electrons. The average Bonchev–Trinajstić information content (AvgIpc) is 3.33. The van der Waals surface area contributed by atoms with Crippen LogP contribution in [-0.4, -0.2) is 59.3 Å². The van der Waals surface area contributed by atoms with E-state index in [1.165, 1.54) is 18.4 Å². The van der Waals surface area contributed by atoms with E-state index in [1.54, 1.807) is 16.0 Å². The Morgan fingerprint density at radius 2 is 2.00 bits per heavy atom. The molecule has 3 aromatic heterocycles. The number of thiophene rings is 1. The van der Waals surface area contributed by atoms with Gasteiger partial charge >= 0.3 is 5.97 Å². The topological polar surface area (TPSA) is 86.5 Å². The smallest absolute Gasteiger partial charge is 0.340 e. The molecule has 8 nitrogen and oxygen atoms in total. The highest BCUT2D eigenvalue weighted by molar-refractivity contribution is 7.18. The zero-order valence-corrected chi connectivity index (χ0v) is 24.3. The zero-order valence-electron chi connectivity index (χ0n) is 22.7. The van der Waals surface area contributed by atoms with Gasteiger partial charge in [-0.3, -0.25) is 14.3 Å². The van der Waals surface area contributed by atoms with Gasteiger partial charge < -0.3 is 14.4 Å². The number of esters is 1. The normalized spacial score (nSPS) is 15.0. The van der Waals surface area contributed by atoms with Crippen LogP contribution in [-0.2, 0) is 24.1 Å². The van der Waals surface area contributed by atoms with Crippen molar-refractivity contribution in [3.63, 3.8) is 0 Å². The van der Waals surface area contributed by atoms with Gasteiger partial charge in [0.2, 0.25) is 0 Å². The number of rotatable bonds is 7. The van der Waals surface area contributed by atoms with Crippen molar-refractivity contribution in [2.24, 2.45) is 0 Å². The molecule has 10 heteroatoms. The number of benzene rings is 1. The first kappa shape index (κ1) is 27.3. The van der Waals surface area contributed by atoms with E-state index in [0.29, 0.717) is 46.7 Å². The van der Waals surface area contributed by atoms with Crippen molar-refractivity contribution in [3.8, 4) is 16.9 Å². The van der Waals surface area contributed by atoms with E-state index in [2.05, 4.69) is 24.0 Å². The predicted molar refractivity (Wildman–Crippen MR) is 154 cm³/mol. The number of likely N-dealkylation sites (N-methyl/N-ethyl adjacent to an activating group) is 1. The summed E-state index contributed by atoms with van der Waals surface area (Å²) < 4.78 is 13.8. The van der Waals surface area contributed by atoms with Crippen LogP contribution >= 0.6 is 22.9 Å². The molecule has 0 amide bonds. The molecule has 5 rings (SSSR count). The van der Waals surface area contributed by atoms with Gasteiger partial charge in [-0.1, -0.05) is 11.6 Å². The third-order valence-electron chi connectivity index (χ3n) is 7.28. The molecule has 0 spiro atoms. The molecule has 0 N–H and O–H groups in total. The quantitative estimate of drug-likeness (QED) is 0.288. The standard InChI is InChI=1S/C29H31ClN4O4S/c1-16-12-21(27-26(31-16)23(15-39-27)29(36)37-5)20-13-18(30)6-9-25(20)38-11-10-34-17(2)32-24-8-7-19(33(3)4)14-22(24)28(34)35/h6,9,12-13,15,19H,7-8,10-11,14H2,1-5H3/t19-/m0/s1. The van der Waals surface area contributed by atoms with Crippen LogP contribution in [0.15, 0.2) is 34.4 Å². The molecule has 1 atom stereocenters. The van der Waals surface area contributed by atoms with E-state index in [9.17, 15) is 9.59 Å². The maximum absolute atomic E-state index is 13.4. The fourth-order valence-electron chi connectivity index (χ4n) is 5.19. The molecule has 1 aliphatic rings. The van der Waals surface area contributed by atoms with Crippen LogP contribution in [0.1, 0.15) is 39.6 Å². The van der Waals surface area contributed by atoms with Crippen LogP contribution in [0, 0.1) is 13.8 Å². The van der Waals surface area contributed by atoms with E-state index >= 15 is 0 Å². The Bertz CT molecular complexity index is 1630. The molecule has 0 bridgehead atoms. The van der Waals surface area contributed by atoms with Crippen LogP contribution in [0.5, 0.6) is 5.75 Å². The molecule has 0 unspecified atom stereocenters. The summed E-state index contributed by atoms with van der Waals surface area (Å²) in [6.07, 6.45) is 2.54. The molecule has 1 aliphatic carbocycles. The summed E-state index contributed by atoms with van der Waals surface area (Å²) in [5, 5.41) is 2.32. The van der Waals surface area contributed by atoms with Crippen molar-refractivity contribution >= 4 is 39.1 Å². The molecule has 4 aromatic rings. The van der Waals surface area contributed by atoms with E-state index in [0.717, 1.165) is 45.6 Å². The number of aromatic nitrogens is 3. The van der Waals surface area contributed by atoms with Gasteiger partial charge in [-0.05, 0) is 71.5 Å². The number of hydrogen-bond donors (Lipinski definition) is 0. The molecular weight excluding hydrogens is 536 g/mol. The number of methoxy groups -OCH3 is 1. The van der Waals surface area contributed by atoms with Gasteiger partial charge in [0.15, 0.2) is 0 Å². The molecule has 39 heavy (non-hydrogen) atoms. The first-order chi connectivity index (χ1) is 18.7. The average molecular weight is 567 g/mol. The van der Waals surface area contributed by atoms with Crippen molar-refractivity contribution in [1.82, 2.24) is 19.4 Å². The lowest BCUT2D eigenvalue weighted by Crippen LogP contribution is -2.39. The Labute approximate surface area is 236 Å². The van der Waals surface area contributed by atoms with Gasteiger partial charge in [0.25, 0.3) is 5.56 Å². The number of nitrogens with zero attached hydrogens (tertiary/aromatic N) is 4. The van der Waals surface area contributed by atoms with Crippen molar-refractivity contribution in [1.29, 1.82) is 0 Å². The van der Waals surface area contributed by atoms with Crippen LogP contribution in [0.4, 0.5) is 0 Å². The number of fused-ring (bicyclic) bond motifs is 2.